The van der Waals surface area contributed by atoms with Gasteiger partial charge in [-0.15, -0.1) is 0 Å². The van der Waals surface area contributed by atoms with Crippen molar-refractivity contribution in [3.63, 3.8) is 0 Å². The highest BCUT2D eigenvalue weighted by Gasteiger charge is 2.11. The molecule has 2 aromatic heterocycles. The predicted octanol–water partition coefficient (Wildman–Crippen LogP) is 2.81. The molecule has 1 aromatic carbocycles. The van der Waals surface area contributed by atoms with Gasteiger partial charge < -0.3 is 4.52 Å². The van der Waals surface area contributed by atoms with Crippen LogP contribution in [0.5, 0.6) is 0 Å². The first-order valence-corrected chi connectivity index (χ1v) is 7.10. The molecule has 0 bridgehead atoms. The number of hydrogen-bond donors (Lipinski definition) is 0. The van der Waals surface area contributed by atoms with E-state index in [1.165, 1.54) is 0 Å². The number of halogens is 1. The van der Waals surface area contributed by atoms with E-state index in [9.17, 15) is 0 Å². The van der Waals surface area contributed by atoms with Gasteiger partial charge in [-0.05, 0) is 19.2 Å². The first-order chi connectivity index (χ1) is 10.7. The van der Waals surface area contributed by atoms with Gasteiger partial charge >= 0.3 is 0 Å². The van der Waals surface area contributed by atoms with E-state index < -0.39 is 0 Å². The van der Waals surface area contributed by atoms with Gasteiger partial charge in [0.1, 0.15) is 0 Å². The van der Waals surface area contributed by atoms with Crippen LogP contribution in [0.1, 0.15) is 11.6 Å². The molecule has 0 atom stereocenters. The average molecular weight is 316 g/mol. The van der Waals surface area contributed by atoms with Crippen LogP contribution in [-0.4, -0.2) is 32.1 Å². The summed E-state index contributed by atoms with van der Waals surface area (Å²) in [6, 6.07) is 7.36. The van der Waals surface area contributed by atoms with Gasteiger partial charge in [0.05, 0.1) is 12.2 Å². The van der Waals surface area contributed by atoms with Crippen molar-refractivity contribution in [2.24, 2.45) is 0 Å². The Morgan fingerprint density at radius 3 is 2.91 bits per heavy atom. The van der Waals surface area contributed by atoms with Crippen LogP contribution < -0.4 is 0 Å². The highest BCUT2D eigenvalue weighted by molar-refractivity contribution is 6.30. The van der Waals surface area contributed by atoms with Crippen LogP contribution in [0.15, 0.2) is 47.4 Å². The zero-order chi connectivity index (χ0) is 15.4. The van der Waals surface area contributed by atoms with Crippen molar-refractivity contribution in [1.29, 1.82) is 0 Å². The summed E-state index contributed by atoms with van der Waals surface area (Å²) in [7, 11) is 1.96. The first kappa shape index (κ1) is 14.6. The van der Waals surface area contributed by atoms with Crippen molar-refractivity contribution in [2.45, 2.75) is 13.1 Å². The Morgan fingerprint density at radius 1 is 1.23 bits per heavy atom. The van der Waals surface area contributed by atoms with Crippen molar-refractivity contribution in [2.75, 3.05) is 7.05 Å². The van der Waals surface area contributed by atoms with Gasteiger partial charge in [-0.3, -0.25) is 14.9 Å². The monoisotopic (exact) mass is 315 g/mol. The van der Waals surface area contributed by atoms with Gasteiger partial charge in [-0.25, -0.2) is 0 Å². The summed E-state index contributed by atoms with van der Waals surface area (Å²) in [4.78, 5) is 14.7. The normalized spacial score (nSPS) is 11.0. The van der Waals surface area contributed by atoms with Crippen LogP contribution in [0.2, 0.25) is 5.02 Å². The van der Waals surface area contributed by atoms with Crippen LogP contribution in [0.4, 0.5) is 0 Å². The highest BCUT2D eigenvalue weighted by atomic mass is 35.5. The lowest BCUT2D eigenvalue weighted by molar-refractivity contribution is 0.258. The molecule has 112 valence electrons. The van der Waals surface area contributed by atoms with E-state index >= 15 is 0 Å². The average Bonchev–Trinajstić information content (AvgIpc) is 2.96. The Bertz CT molecular complexity index is 746. The fourth-order valence-electron chi connectivity index (χ4n) is 2.04. The molecule has 0 aliphatic rings. The van der Waals surface area contributed by atoms with Gasteiger partial charge in [0.15, 0.2) is 0 Å². The van der Waals surface area contributed by atoms with Gasteiger partial charge in [0.2, 0.25) is 11.7 Å². The van der Waals surface area contributed by atoms with Gasteiger partial charge in [-0.2, -0.15) is 4.98 Å². The third-order valence-corrected chi connectivity index (χ3v) is 3.24. The van der Waals surface area contributed by atoms with Crippen LogP contribution in [0.3, 0.4) is 0 Å². The summed E-state index contributed by atoms with van der Waals surface area (Å²) < 4.78 is 5.29. The summed E-state index contributed by atoms with van der Waals surface area (Å²) in [6.45, 7) is 1.19. The third kappa shape index (κ3) is 3.66. The second kappa shape index (κ2) is 6.64. The molecule has 0 aliphatic carbocycles. The van der Waals surface area contributed by atoms with Crippen LogP contribution in [0, 0.1) is 0 Å². The van der Waals surface area contributed by atoms with Crippen molar-refractivity contribution in [1.82, 2.24) is 25.0 Å². The first-order valence-electron chi connectivity index (χ1n) is 6.72. The van der Waals surface area contributed by atoms with E-state index in [2.05, 4.69) is 20.1 Å². The zero-order valence-corrected chi connectivity index (χ0v) is 12.7. The molecule has 0 saturated heterocycles. The number of benzene rings is 1. The molecule has 0 fully saturated rings. The summed E-state index contributed by atoms with van der Waals surface area (Å²) in [6.07, 6.45) is 5.06. The molecule has 0 N–H and O–H groups in total. The molecule has 0 amide bonds. The maximum atomic E-state index is 5.97. The lowest BCUT2D eigenvalue weighted by atomic mass is 10.2. The molecular weight excluding hydrogens is 302 g/mol. The minimum atomic E-state index is 0.532. The minimum absolute atomic E-state index is 0.532. The standard InChI is InChI=1S/C15H14ClN5O/c1-21(9-13-8-17-5-6-18-13)10-14-19-15(20-22-14)11-3-2-4-12(16)7-11/h2-8H,9-10H2,1H3. The molecule has 0 aliphatic heterocycles. The van der Waals surface area contributed by atoms with E-state index in [4.69, 9.17) is 16.1 Å². The molecule has 6 nitrogen and oxygen atoms in total. The lowest BCUT2D eigenvalue weighted by Crippen LogP contribution is -2.18. The molecular formula is C15H14ClN5O. The minimum Gasteiger partial charge on any atom is -0.338 e. The molecule has 22 heavy (non-hydrogen) atoms. The quantitative estimate of drug-likeness (QED) is 0.721. The van der Waals surface area contributed by atoms with E-state index in [1.807, 2.05) is 24.1 Å². The molecule has 3 rings (SSSR count). The molecule has 3 aromatic rings. The fraction of sp³-hybridized carbons (Fsp3) is 0.200. The van der Waals surface area contributed by atoms with Crippen molar-refractivity contribution >= 4 is 11.6 Å². The second-order valence-corrected chi connectivity index (χ2v) is 5.33. The molecule has 0 radical (unpaired) electrons. The number of rotatable bonds is 5. The molecule has 0 unspecified atom stereocenters. The van der Waals surface area contributed by atoms with Crippen molar-refractivity contribution in [3.05, 3.63) is 59.5 Å². The Hall–Kier alpha value is -2.31. The topological polar surface area (TPSA) is 67.9 Å². The maximum Gasteiger partial charge on any atom is 0.241 e. The SMILES string of the molecule is CN(Cc1cnccn1)Cc1nc(-c2cccc(Cl)c2)no1. The second-order valence-electron chi connectivity index (χ2n) is 4.89. The van der Waals surface area contributed by atoms with Gasteiger partial charge in [0, 0.05) is 35.7 Å². The summed E-state index contributed by atoms with van der Waals surface area (Å²) >= 11 is 5.97. The number of nitrogens with zero attached hydrogens (tertiary/aromatic N) is 5. The molecule has 7 heteroatoms. The van der Waals surface area contributed by atoms with Crippen molar-refractivity contribution in [3.8, 4) is 11.4 Å². The number of hydrogen-bond acceptors (Lipinski definition) is 6. The Labute approximate surface area is 132 Å². The van der Waals surface area contributed by atoms with Crippen LogP contribution in [-0.2, 0) is 13.1 Å². The van der Waals surface area contributed by atoms with Crippen molar-refractivity contribution < 1.29 is 4.52 Å². The van der Waals surface area contributed by atoms with E-state index in [0.29, 0.717) is 29.8 Å². The molecule has 0 saturated carbocycles. The molecule has 0 spiro atoms. The Morgan fingerprint density at radius 2 is 2.14 bits per heavy atom. The highest BCUT2D eigenvalue weighted by Crippen LogP contribution is 2.20. The largest absolute Gasteiger partial charge is 0.338 e. The van der Waals surface area contributed by atoms with E-state index in [-0.39, 0.29) is 0 Å². The maximum absolute atomic E-state index is 5.97. The Balaban J connectivity index is 1.66. The van der Waals surface area contributed by atoms with Gasteiger partial charge in [-0.1, -0.05) is 28.9 Å². The summed E-state index contributed by atoms with van der Waals surface area (Å²) in [5.41, 5.74) is 1.72. The van der Waals surface area contributed by atoms with Crippen LogP contribution >= 0.6 is 11.6 Å². The number of aromatic nitrogens is 4. The Kier molecular flexibility index (Phi) is 4.41. The summed E-state index contributed by atoms with van der Waals surface area (Å²) in [5.74, 6) is 1.08. The zero-order valence-electron chi connectivity index (χ0n) is 12.0. The van der Waals surface area contributed by atoms with E-state index in [1.54, 1.807) is 30.7 Å². The predicted molar refractivity (Wildman–Crippen MR) is 81.9 cm³/mol. The smallest absolute Gasteiger partial charge is 0.241 e. The van der Waals surface area contributed by atoms with Crippen LogP contribution in [0.25, 0.3) is 11.4 Å². The fourth-order valence-corrected chi connectivity index (χ4v) is 2.23. The molecule has 2 heterocycles. The van der Waals surface area contributed by atoms with Gasteiger partial charge in [0.25, 0.3) is 0 Å². The van der Waals surface area contributed by atoms with E-state index in [0.717, 1.165) is 11.3 Å². The summed E-state index contributed by atoms with van der Waals surface area (Å²) in [5, 5.41) is 4.63. The third-order valence-electron chi connectivity index (χ3n) is 3.00. The lowest BCUT2D eigenvalue weighted by Gasteiger charge is -2.12.